The molecule has 1 N–H and O–H groups in total. The molecule has 0 aliphatic heterocycles. The number of aromatic amines is 1. The molecule has 0 atom stereocenters. The second-order valence-electron chi connectivity index (χ2n) is 4.34. The summed E-state index contributed by atoms with van der Waals surface area (Å²) in [6.07, 6.45) is 1.61. The largest absolute Gasteiger partial charge is 0.460 e. The van der Waals surface area contributed by atoms with Gasteiger partial charge in [0.05, 0.1) is 6.21 Å². The number of hydrogen-bond acceptors (Lipinski definition) is 4. The number of nitrogens with zero attached hydrogens (tertiary/aromatic N) is 3. The van der Waals surface area contributed by atoms with Gasteiger partial charge in [-0.2, -0.15) is 14.9 Å². The molecule has 21 heavy (non-hydrogen) atoms. The average Bonchev–Trinajstić information content (AvgIpc) is 3.04. The third-order valence-corrected chi connectivity index (χ3v) is 3.78. The fourth-order valence-corrected chi connectivity index (χ4v) is 2.49. The van der Waals surface area contributed by atoms with Crippen molar-refractivity contribution in [1.29, 1.82) is 0 Å². The van der Waals surface area contributed by atoms with Crippen LogP contribution in [-0.4, -0.2) is 21.1 Å². The lowest BCUT2D eigenvalue weighted by Crippen LogP contribution is -1.95. The van der Waals surface area contributed by atoms with Gasteiger partial charge in [-0.3, -0.25) is 0 Å². The minimum absolute atomic E-state index is 0.417. The number of halogens is 1. The first-order valence-electron chi connectivity index (χ1n) is 6.18. The Morgan fingerprint density at radius 3 is 2.86 bits per heavy atom. The first-order chi connectivity index (χ1) is 10.1. The van der Waals surface area contributed by atoms with Gasteiger partial charge in [-0.15, -0.1) is 0 Å². The minimum atomic E-state index is 0.417. The molecule has 106 valence electrons. The van der Waals surface area contributed by atoms with Crippen molar-refractivity contribution in [3.8, 4) is 11.4 Å². The quantitative estimate of drug-likeness (QED) is 0.562. The number of aromatic nitrogens is 3. The minimum Gasteiger partial charge on any atom is -0.460 e. The monoisotopic (exact) mass is 362 g/mol. The zero-order valence-corrected chi connectivity index (χ0v) is 13.5. The Morgan fingerprint density at radius 1 is 1.33 bits per heavy atom. The van der Waals surface area contributed by atoms with Crippen LogP contribution in [0, 0.1) is 11.7 Å². The van der Waals surface area contributed by atoms with E-state index in [2.05, 4.69) is 31.2 Å². The van der Waals surface area contributed by atoms with Gasteiger partial charge >= 0.3 is 0 Å². The van der Waals surface area contributed by atoms with Crippen molar-refractivity contribution < 1.29 is 4.42 Å². The molecule has 0 fully saturated rings. The molecule has 0 saturated heterocycles. The van der Waals surface area contributed by atoms with E-state index in [-0.39, 0.29) is 0 Å². The molecule has 0 amide bonds. The SMILES string of the molecule is Cc1ccc(C=Nn2c(-c3ccccc3Br)n[nH]c2=S)o1. The zero-order valence-electron chi connectivity index (χ0n) is 11.1. The maximum atomic E-state index is 5.45. The van der Waals surface area contributed by atoms with E-state index < -0.39 is 0 Å². The van der Waals surface area contributed by atoms with Crippen LogP contribution in [0.25, 0.3) is 11.4 Å². The predicted molar refractivity (Wildman–Crippen MR) is 87.0 cm³/mol. The van der Waals surface area contributed by atoms with Gasteiger partial charge in [-0.25, -0.2) is 5.10 Å². The van der Waals surface area contributed by atoms with E-state index in [0.717, 1.165) is 15.8 Å². The lowest BCUT2D eigenvalue weighted by Gasteiger charge is -2.02. The van der Waals surface area contributed by atoms with E-state index in [1.165, 1.54) is 0 Å². The highest BCUT2D eigenvalue weighted by Gasteiger charge is 2.10. The molecule has 2 aromatic heterocycles. The highest BCUT2D eigenvalue weighted by molar-refractivity contribution is 9.10. The van der Waals surface area contributed by atoms with Crippen molar-refractivity contribution in [2.24, 2.45) is 5.10 Å². The van der Waals surface area contributed by atoms with Gasteiger partial charge in [0, 0.05) is 10.0 Å². The van der Waals surface area contributed by atoms with E-state index >= 15 is 0 Å². The Hall–Kier alpha value is -1.99. The van der Waals surface area contributed by atoms with Crippen LogP contribution in [0.2, 0.25) is 0 Å². The maximum absolute atomic E-state index is 5.45. The molecule has 0 saturated carbocycles. The van der Waals surface area contributed by atoms with Crippen molar-refractivity contribution in [3.63, 3.8) is 0 Å². The molecular formula is C14H11BrN4OS. The van der Waals surface area contributed by atoms with Gasteiger partial charge < -0.3 is 4.42 Å². The summed E-state index contributed by atoms with van der Waals surface area (Å²) in [5.41, 5.74) is 0.901. The lowest BCUT2D eigenvalue weighted by molar-refractivity contribution is 0.527. The molecular weight excluding hydrogens is 352 g/mol. The molecule has 3 rings (SSSR count). The van der Waals surface area contributed by atoms with Crippen molar-refractivity contribution in [1.82, 2.24) is 14.9 Å². The molecule has 5 nitrogen and oxygen atoms in total. The normalized spacial score (nSPS) is 11.3. The fraction of sp³-hybridized carbons (Fsp3) is 0.0714. The molecule has 0 bridgehead atoms. The Balaban J connectivity index is 2.04. The van der Waals surface area contributed by atoms with Crippen molar-refractivity contribution >= 4 is 34.4 Å². The van der Waals surface area contributed by atoms with Crippen LogP contribution in [0.15, 0.2) is 50.4 Å². The van der Waals surface area contributed by atoms with Gasteiger partial charge in [-0.05, 0) is 43.4 Å². The molecule has 2 heterocycles. The molecule has 1 aromatic carbocycles. The summed E-state index contributed by atoms with van der Waals surface area (Å²) in [4.78, 5) is 0. The van der Waals surface area contributed by atoms with E-state index in [1.807, 2.05) is 43.3 Å². The van der Waals surface area contributed by atoms with Crippen LogP contribution < -0.4 is 0 Å². The summed E-state index contributed by atoms with van der Waals surface area (Å²) >= 11 is 8.73. The van der Waals surface area contributed by atoms with E-state index in [9.17, 15) is 0 Å². The fourth-order valence-electron chi connectivity index (χ4n) is 1.85. The van der Waals surface area contributed by atoms with Crippen LogP contribution >= 0.6 is 28.1 Å². The van der Waals surface area contributed by atoms with E-state index in [0.29, 0.717) is 16.4 Å². The number of H-pyrrole nitrogens is 1. The van der Waals surface area contributed by atoms with E-state index in [4.69, 9.17) is 16.6 Å². The second-order valence-corrected chi connectivity index (χ2v) is 5.58. The average molecular weight is 363 g/mol. The van der Waals surface area contributed by atoms with Crippen molar-refractivity contribution in [2.45, 2.75) is 6.92 Å². The highest BCUT2D eigenvalue weighted by Crippen LogP contribution is 2.26. The molecule has 0 unspecified atom stereocenters. The molecule has 0 aliphatic rings. The summed E-state index contributed by atoms with van der Waals surface area (Å²) in [6, 6.07) is 11.5. The van der Waals surface area contributed by atoms with Crippen LogP contribution in [0.5, 0.6) is 0 Å². The topological polar surface area (TPSA) is 59.1 Å². The maximum Gasteiger partial charge on any atom is 0.216 e. The number of nitrogens with one attached hydrogen (secondary N) is 1. The first-order valence-corrected chi connectivity index (χ1v) is 7.38. The Labute approximate surface area is 134 Å². The molecule has 7 heteroatoms. The third-order valence-electron chi connectivity index (χ3n) is 2.83. The molecule has 3 aromatic rings. The second kappa shape index (κ2) is 5.79. The number of rotatable bonds is 3. The van der Waals surface area contributed by atoms with Crippen LogP contribution in [-0.2, 0) is 0 Å². The summed E-state index contributed by atoms with van der Waals surface area (Å²) in [7, 11) is 0. The Kier molecular flexibility index (Phi) is 3.85. The Bertz CT molecular complexity index is 862. The van der Waals surface area contributed by atoms with Crippen molar-refractivity contribution in [2.75, 3.05) is 0 Å². The van der Waals surface area contributed by atoms with Crippen LogP contribution in [0.3, 0.4) is 0 Å². The Morgan fingerprint density at radius 2 is 2.14 bits per heavy atom. The lowest BCUT2D eigenvalue weighted by atomic mass is 10.2. The summed E-state index contributed by atoms with van der Waals surface area (Å²) in [5.74, 6) is 2.12. The van der Waals surface area contributed by atoms with Crippen LogP contribution in [0.4, 0.5) is 0 Å². The smallest absolute Gasteiger partial charge is 0.216 e. The number of furan rings is 1. The first kappa shape index (κ1) is 14.0. The van der Waals surface area contributed by atoms with Gasteiger partial charge in [0.25, 0.3) is 0 Å². The van der Waals surface area contributed by atoms with E-state index in [1.54, 1.807) is 10.9 Å². The highest BCUT2D eigenvalue weighted by atomic mass is 79.9. The summed E-state index contributed by atoms with van der Waals surface area (Å²) in [6.45, 7) is 1.88. The number of aryl methyl sites for hydroxylation is 1. The van der Waals surface area contributed by atoms with Gasteiger partial charge in [-0.1, -0.05) is 28.1 Å². The number of hydrogen-bond donors (Lipinski definition) is 1. The van der Waals surface area contributed by atoms with Crippen LogP contribution in [0.1, 0.15) is 11.5 Å². The molecule has 0 aliphatic carbocycles. The third kappa shape index (κ3) is 2.88. The molecule has 0 spiro atoms. The summed E-state index contributed by atoms with van der Waals surface area (Å²) in [5, 5.41) is 11.3. The van der Waals surface area contributed by atoms with Gasteiger partial charge in [0.1, 0.15) is 11.5 Å². The summed E-state index contributed by atoms with van der Waals surface area (Å²) < 4.78 is 8.35. The number of benzene rings is 1. The van der Waals surface area contributed by atoms with Gasteiger partial charge in [0.15, 0.2) is 5.82 Å². The predicted octanol–water partition coefficient (Wildman–Crippen LogP) is 4.15. The standard InChI is InChI=1S/C14H11BrN4OS/c1-9-6-7-10(20-9)8-16-19-13(17-18-14(19)21)11-4-2-3-5-12(11)15/h2-8H,1H3,(H,18,21). The molecule has 0 radical (unpaired) electrons. The van der Waals surface area contributed by atoms with Crippen molar-refractivity contribution in [3.05, 3.63) is 57.2 Å². The van der Waals surface area contributed by atoms with Gasteiger partial charge in [0.2, 0.25) is 4.77 Å². The zero-order chi connectivity index (χ0) is 14.8.